The van der Waals surface area contributed by atoms with Crippen LogP contribution in [0.5, 0.6) is 0 Å². The van der Waals surface area contributed by atoms with Gasteiger partial charge in [-0.15, -0.1) is 0 Å². The van der Waals surface area contributed by atoms with Crippen LogP contribution in [0.1, 0.15) is 54.4 Å². The first-order valence-electron chi connectivity index (χ1n) is 6.08. The first-order chi connectivity index (χ1) is 7.41. The van der Waals surface area contributed by atoms with Gasteiger partial charge in [0.1, 0.15) is 0 Å². The fraction of sp³-hybridized carbons (Fsp3) is 0.846. The zero-order valence-electron chi connectivity index (χ0n) is 12.0. The van der Waals surface area contributed by atoms with Crippen LogP contribution in [-0.4, -0.2) is 19.7 Å². The van der Waals surface area contributed by atoms with Gasteiger partial charge in [0.15, 0.2) is 0 Å². The topological polar surface area (TPSA) is 46.2 Å². The van der Waals surface area contributed by atoms with Gasteiger partial charge in [-0.05, 0) is 39.0 Å². The fourth-order valence-electron chi connectivity index (χ4n) is 1.34. The third-order valence-corrected chi connectivity index (χ3v) is 3.56. The molecule has 0 rings (SSSR count). The Morgan fingerprint density at radius 2 is 1.53 bits per heavy atom. The van der Waals surface area contributed by atoms with E-state index in [1.807, 2.05) is 26.8 Å². The van der Waals surface area contributed by atoms with Crippen molar-refractivity contribution in [2.45, 2.75) is 59.9 Å². The Balaban J connectivity index is 4.07. The second kappa shape index (κ2) is 6.01. The standard InChI is InChI=1S/C13H27NO2S/c1-12(2,3)10-8-7-9-11-17(15,16)14-13(4,5)6/h7,9,14H,8,10-11H2,1-6H3/b9-7+. The maximum atomic E-state index is 11.6. The molecule has 0 aromatic carbocycles. The molecule has 0 aromatic rings. The molecule has 3 nitrogen and oxygen atoms in total. The van der Waals surface area contributed by atoms with Gasteiger partial charge in [0.2, 0.25) is 10.0 Å². The first-order valence-corrected chi connectivity index (χ1v) is 7.73. The minimum atomic E-state index is -3.19. The third-order valence-electron chi connectivity index (χ3n) is 2.01. The SMILES string of the molecule is CC(C)(C)CC/C=C/CS(=O)(=O)NC(C)(C)C. The average Bonchev–Trinajstić information content (AvgIpc) is 1.95. The van der Waals surface area contributed by atoms with Gasteiger partial charge in [-0.3, -0.25) is 0 Å². The lowest BCUT2D eigenvalue weighted by molar-refractivity contribution is 0.381. The van der Waals surface area contributed by atoms with Crippen LogP contribution >= 0.6 is 0 Å². The van der Waals surface area contributed by atoms with E-state index in [-0.39, 0.29) is 5.75 Å². The highest BCUT2D eigenvalue weighted by atomic mass is 32.2. The van der Waals surface area contributed by atoms with Crippen molar-refractivity contribution in [3.8, 4) is 0 Å². The Morgan fingerprint density at radius 3 is 1.94 bits per heavy atom. The van der Waals surface area contributed by atoms with Gasteiger partial charge in [-0.25, -0.2) is 13.1 Å². The summed E-state index contributed by atoms with van der Waals surface area (Å²) in [6, 6.07) is 0. The minimum Gasteiger partial charge on any atom is -0.212 e. The smallest absolute Gasteiger partial charge is 0.212 e. The van der Waals surface area contributed by atoms with Crippen LogP contribution in [-0.2, 0) is 10.0 Å². The zero-order valence-corrected chi connectivity index (χ0v) is 12.8. The lowest BCUT2D eigenvalue weighted by Crippen LogP contribution is -2.41. The summed E-state index contributed by atoms with van der Waals surface area (Å²) in [5.41, 5.74) is -0.106. The molecule has 4 heteroatoms. The van der Waals surface area contributed by atoms with Crippen molar-refractivity contribution < 1.29 is 8.42 Å². The first kappa shape index (κ1) is 16.6. The number of hydrogen-bond acceptors (Lipinski definition) is 2. The van der Waals surface area contributed by atoms with Crippen LogP contribution in [0.4, 0.5) is 0 Å². The van der Waals surface area contributed by atoms with E-state index < -0.39 is 15.6 Å². The number of nitrogens with one attached hydrogen (secondary N) is 1. The molecule has 17 heavy (non-hydrogen) atoms. The van der Waals surface area contributed by atoms with Crippen molar-refractivity contribution in [1.82, 2.24) is 4.72 Å². The van der Waals surface area contributed by atoms with Crippen molar-refractivity contribution >= 4 is 10.0 Å². The zero-order chi connectivity index (χ0) is 13.7. The number of hydrogen-bond donors (Lipinski definition) is 1. The molecule has 0 aromatic heterocycles. The van der Waals surface area contributed by atoms with E-state index in [9.17, 15) is 8.42 Å². The van der Waals surface area contributed by atoms with E-state index in [4.69, 9.17) is 0 Å². The molecule has 0 saturated carbocycles. The van der Waals surface area contributed by atoms with Crippen LogP contribution in [0.25, 0.3) is 0 Å². The van der Waals surface area contributed by atoms with Crippen molar-refractivity contribution in [3.63, 3.8) is 0 Å². The predicted molar refractivity (Wildman–Crippen MR) is 74.5 cm³/mol. The summed E-state index contributed by atoms with van der Waals surface area (Å²) in [4.78, 5) is 0. The summed E-state index contributed by atoms with van der Waals surface area (Å²) in [6.07, 6.45) is 5.68. The molecule has 102 valence electrons. The highest BCUT2D eigenvalue weighted by molar-refractivity contribution is 7.89. The summed E-state index contributed by atoms with van der Waals surface area (Å²) in [6.45, 7) is 12.1. The normalized spacial score (nSPS) is 14.5. The second-order valence-electron chi connectivity index (χ2n) is 6.70. The highest BCUT2D eigenvalue weighted by Gasteiger charge is 2.18. The Morgan fingerprint density at radius 1 is 1.00 bits per heavy atom. The molecule has 0 aliphatic heterocycles. The van der Waals surface area contributed by atoms with Gasteiger partial charge in [0.05, 0.1) is 5.75 Å². The average molecular weight is 261 g/mol. The molecule has 0 amide bonds. The Labute approximate surface area is 107 Å². The highest BCUT2D eigenvalue weighted by Crippen LogP contribution is 2.20. The molecule has 0 saturated heterocycles. The lowest BCUT2D eigenvalue weighted by atomic mass is 9.91. The second-order valence-corrected chi connectivity index (χ2v) is 8.47. The van der Waals surface area contributed by atoms with E-state index in [2.05, 4.69) is 25.5 Å². The van der Waals surface area contributed by atoms with Crippen LogP contribution in [0.3, 0.4) is 0 Å². The third kappa shape index (κ3) is 11.9. The van der Waals surface area contributed by atoms with E-state index in [1.54, 1.807) is 6.08 Å². The van der Waals surface area contributed by atoms with Crippen molar-refractivity contribution in [2.24, 2.45) is 5.41 Å². The summed E-state index contributed by atoms with van der Waals surface area (Å²) in [7, 11) is -3.19. The summed E-state index contributed by atoms with van der Waals surface area (Å²) in [5.74, 6) is 0.0639. The summed E-state index contributed by atoms with van der Waals surface area (Å²) in [5, 5.41) is 0. The molecule has 0 aliphatic rings. The quantitative estimate of drug-likeness (QED) is 0.773. The molecule has 0 heterocycles. The van der Waals surface area contributed by atoms with Gasteiger partial charge in [0.25, 0.3) is 0 Å². The largest absolute Gasteiger partial charge is 0.215 e. The monoisotopic (exact) mass is 261 g/mol. The van der Waals surface area contributed by atoms with Crippen LogP contribution in [0, 0.1) is 5.41 Å². The van der Waals surface area contributed by atoms with Gasteiger partial charge in [-0.1, -0.05) is 32.9 Å². The molecular formula is C13H27NO2S. The van der Waals surface area contributed by atoms with Gasteiger partial charge in [0, 0.05) is 5.54 Å². The maximum Gasteiger partial charge on any atom is 0.215 e. The maximum absolute atomic E-state index is 11.6. The number of allylic oxidation sites excluding steroid dienone is 1. The molecular weight excluding hydrogens is 234 g/mol. The van der Waals surface area contributed by atoms with E-state index >= 15 is 0 Å². The molecule has 0 radical (unpaired) electrons. The van der Waals surface area contributed by atoms with Gasteiger partial charge < -0.3 is 0 Å². The molecule has 0 bridgehead atoms. The lowest BCUT2D eigenvalue weighted by Gasteiger charge is -2.19. The molecule has 0 spiro atoms. The number of sulfonamides is 1. The molecule has 1 N–H and O–H groups in total. The minimum absolute atomic E-state index is 0.0639. The van der Waals surface area contributed by atoms with Gasteiger partial charge >= 0.3 is 0 Å². The van der Waals surface area contributed by atoms with Crippen LogP contribution in [0.15, 0.2) is 12.2 Å². The number of rotatable bonds is 5. The molecule has 0 aliphatic carbocycles. The molecule has 0 unspecified atom stereocenters. The van der Waals surface area contributed by atoms with Crippen molar-refractivity contribution in [2.75, 3.05) is 5.75 Å². The van der Waals surface area contributed by atoms with Crippen LogP contribution < -0.4 is 4.72 Å². The van der Waals surface area contributed by atoms with Crippen LogP contribution in [0.2, 0.25) is 0 Å². The summed E-state index contributed by atoms with van der Waals surface area (Å²) >= 11 is 0. The Bertz CT molecular complexity index is 343. The Kier molecular flexibility index (Phi) is 5.88. The van der Waals surface area contributed by atoms with E-state index in [1.165, 1.54) is 0 Å². The van der Waals surface area contributed by atoms with Gasteiger partial charge in [-0.2, -0.15) is 0 Å². The fourth-order valence-corrected chi connectivity index (χ4v) is 2.74. The Hall–Kier alpha value is -0.350. The predicted octanol–water partition coefficient (Wildman–Crippen LogP) is 3.09. The molecule has 0 fully saturated rings. The van der Waals surface area contributed by atoms with Crippen molar-refractivity contribution in [3.05, 3.63) is 12.2 Å². The molecule has 0 atom stereocenters. The van der Waals surface area contributed by atoms with E-state index in [0.29, 0.717) is 5.41 Å². The summed E-state index contributed by atoms with van der Waals surface area (Å²) < 4.78 is 25.9. The van der Waals surface area contributed by atoms with E-state index in [0.717, 1.165) is 12.8 Å². The van der Waals surface area contributed by atoms with Crippen molar-refractivity contribution in [1.29, 1.82) is 0 Å².